The van der Waals surface area contributed by atoms with Crippen LogP contribution < -0.4 is 14.8 Å². The highest BCUT2D eigenvalue weighted by Crippen LogP contribution is 2.26. The van der Waals surface area contributed by atoms with E-state index in [-0.39, 0.29) is 17.5 Å². The Morgan fingerprint density at radius 2 is 1.86 bits per heavy atom. The van der Waals surface area contributed by atoms with Crippen molar-refractivity contribution in [1.29, 1.82) is 0 Å². The summed E-state index contributed by atoms with van der Waals surface area (Å²) in [5.41, 5.74) is 0.401. The lowest BCUT2D eigenvalue weighted by Gasteiger charge is -2.11. The van der Waals surface area contributed by atoms with Crippen LogP contribution in [0.2, 0.25) is 5.02 Å². The van der Waals surface area contributed by atoms with Gasteiger partial charge in [0.25, 0.3) is 5.91 Å². The molecule has 0 aromatic heterocycles. The van der Waals surface area contributed by atoms with Crippen molar-refractivity contribution in [3.8, 4) is 11.5 Å². The zero-order chi connectivity index (χ0) is 15.9. The van der Waals surface area contributed by atoms with E-state index in [2.05, 4.69) is 5.32 Å². The molecule has 0 atom stereocenters. The van der Waals surface area contributed by atoms with E-state index in [1.807, 2.05) is 13.0 Å². The minimum absolute atomic E-state index is 0.0552. The van der Waals surface area contributed by atoms with Gasteiger partial charge in [0.15, 0.2) is 18.1 Å². The van der Waals surface area contributed by atoms with Crippen molar-refractivity contribution >= 4 is 23.2 Å². The third kappa shape index (κ3) is 4.36. The van der Waals surface area contributed by atoms with Crippen LogP contribution in [0.1, 0.15) is 6.92 Å². The first-order chi connectivity index (χ1) is 10.6. The quantitative estimate of drug-likeness (QED) is 0.877. The van der Waals surface area contributed by atoms with Gasteiger partial charge in [-0.05, 0) is 37.3 Å². The number of ether oxygens (including phenoxy) is 2. The van der Waals surface area contributed by atoms with E-state index in [0.29, 0.717) is 23.8 Å². The second-order valence-electron chi connectivity index (χ2n) is 4.35. The molecule has 0 radical (unpaired) electrons. The fraction of sp³-hybridized carbons (Fsp3) is 0.188. The average molecular weight is 324 g/mol. The second-order valence-corrected chi connectivity index (χ2v) is 4.75. The fourth-order valence-corrected chi connectivity index (χ4v) is 1.94. The molecule has 1 N–H and O–H groups in total. The van der Waals surface area contributed by atoms with Crippen LogP contribution in [-0.4, -0.2) is 19.1 Å². The van der Waals surface area contributed by atoms with Gasteiger partial charge >= 0.3 is 0 Å². The molecule has 0 spiro atoms. The summed E-state index contributed by atoms with van der Waals surface area (Å²) in [4.78, 5) is 11.8. The molecule has 0 bridgehead atoms. The van der Waals surface area contributed by atoms with Crippen LogP contribution in [0.4, 0.5) is 10.1 Å². The molecule has 22 heavy (non-hydrogen) atoms. The Hall–Kier alpha value is -2.27. The third-order valence-electron chi connectivity index (χ3n) is 2.71. The number of rotatable bonds is 6. The van der Waals surface area contributed by atoms with Crippen LogP contribution in [0, 0.1) is 5.82 Å². The number of carbonyl (C=O) groups is 1. The van der Waals surface area contributed by atoms with Crippen LogP contribution >= 0.6 is 11.6 Å². The third-order valence-corrected chi connectivity index (χ3v) is 3.00. The molecule has 4 nitrogen and oxygen atoms in total. The van der Waals surface area contributed by atoms with Gasteiger partial charge in [0.1, 0.15) is 5.82 Å². The van der Waals surface area contributed by atoms with Crippen LogP contribution in [0.5, 0.6) is 11.5 Å². The zero-order valence-corrected chi connectivity index (χ0v) is 12.7. The Labute approximate surface area is 132 Å². The smallest absolute Gasteiger partial charge is 0.262 e. The summed E-state index contributed by atoms with van der Waals surface area (Å²) in [5.74, 6) is 0.134. The number of hydrogen-bond donors (Lipinski definition) is 1. The Morgan fingerprint density at radius 1 is 1.18 bits per heavy atom. The maximum atomic E-state index is 13.0. The lowest BCUT2D eigenvalue weighted by atomic mass is 10.3. The maximum absolute atomic E-state index is 13.0. The Balaban J connectivity index is 1.94. The lowest BCUT2D eigenvalue weighted by molar-refractivity contribution is -0.118. The van der Waals surface area contributed by atoms with E-state index in [1.165, 1.54) is 18.2 Å². The predicted octanol–water partition coefficient (Wildman–Crippen LogP) is 3.90. The number of para-hydroxylation sites is 2. The normalized spacial score (nSPS) is 10.1. The van der Waals surface area contributed by atoms with Gasteiger partial charge in [0, 0.05) is 5.69 Å². The Bertz CT molecular complexity index is 664. The number of hydrogen-bond acceptors (Lipinski definition) is 3. The predicted molar refractivity (Wildman–Crippen MR) is 83.1 cm³/mol. The SMILES string of the molecule is CCOc1ccccc1OCC(=O)Nc1ccc(F)c(Cl)c1. The molecular formula is C16H15ClFNO3. The molecule has 1 amide bonds. The summed E-state index contributed by atoms with van der Waals surface area (Å²) in [7, 11) is 0. The molecule has 0 fully saturated rings. The second kappa shape index (κ2) is 7.66. The molecule has 6 heteroatoms. The van der Waals surface area contributed by atoms with Crippen LogP contribution in [-0.2, 0) is 4.79 Å². The van der Waals surface area contributed by atoms with Gasteiger partial charge in [-0.3, -0.25) is 4.79 Å². The van der Waals surface area contributed by atoms with Crippen molar-refractivity contribution in [3.63, 3.8) is 0 Å². The van der Waals surface area contributed by atoms with Gasteiger partial charge in [-0.25, -0.2) is 4.39 Å². The van der Waals surface area contributed by atoms with Crippen molar-refractivity contribution in [2.45, 2.75) is 6.92 Å². The Kier molecular flexibility index (Phi) is 5.61. The van der Waals surface area contributed by atoms with Gasteiger partial charge in [-0.15, -0.1) is 0 Å². The average Bonchev–Trinajstić information content (AvgIpc) is 2.50. The first kappa shape index (κ1) is 16.1. The molecule has 2 rings (SSSR count). The van der Waals surface area contributed by atoms with E-state index in [1.54, 1.807) is 18.2 Å². The Morgan fingerprint density at radius 3 is 2.50 bits per heavy atom. The number of nitrogens with one attached hydrogen (secondary N) is 1. The molecule has 0 aliphatic heterocycles. The highest BCUT2D eigenvalue weighted by atomic mass is 35.5. The molecule has 0 aliphatic rings. The van der Waals surface area contributed by atoms with Crippen LogP contribution in [0.25, 0.3) is 0 Å². The van der Waals surface area contributed by atoms with E-state index < -0.39 is 5.82 Å². The standard InChI is InChI=1S/C16H15ClFNO3/c1-2-21-14-5-3-4-6-15(14)22-10-16(20)19-11-7-8-13(18)12(17)9-11/h3-9H,2,10H2,1H3,(H,19,20). The molecule has 2 aromatic rings. The van der Waals surface area contributed by atoms with E-state index in [9.17, 15) is 9.18 Å². The number of amides is 1. The molecular weight excluding hydrogens is 309 g/mol. The summed E-state index contributed by atoms with van der Waals surface area (Å²) in [6, 6.07) is 11.0. The van der Waals surface area contributed by atoms with Gasteiger partial charge < -0.3 is 14.8 Å². The monoisotopic (exact) mass is 323 g/mol. The number of carbonyl (C=O) groups excluding carboxylic acids is 1. The van der Waals surface area contributed by atoms with Crippen molar-refractivity contribution < 1.29 is 18.7 Å². The van der Waals surface area contributed by atoms with Gasteiger partial charge in [0.2, 0.25) is 0 Å². The molecule has 0 unspecified atom stereocenters. The van der Waals surface area contributed by atoms with Crippen molar-refractivity contribution in [3.05, 3.63) is 53.3 Å². The van der Waals surface area contributed by atoms with E-state index in [4.69, 9.17) is 21.1 Å². The van der Waals surface area contributed by atoms with Crippen molar-refractivity contribution in [2.24, 2.45) is 0 Å². The summed E-state index contributed by atoms with van der Waals surface area (Å²) >= 11 is 5.65. The molecule has 0 heterocycles. The molecule has 0 saturated carbocycles. The number of halogens is 2. The van der Waals surface area contributed by atoms with E-state index >= 15 is 0 Å². The van der Waals surface area contributed by atoms with Crippen LogP contribution in [0.15, 0.2) is 42.5 Å². The zero-order valence-electron chi connectivity index (χ0n) is 11.9. The fourth-order valence-electron chi connectivity index (χ4n) is 1.76. The number of anilines is 1. The molecule has 2 aromatic carbocycles. The summed E-state index contributed by atoms with van der Waals surface area (Å²) in [6.07, 6.45) is 0. The number of benzene rings is 2. The molecule has 0 saturated heterocycles. The first-order valence-electron chi connectivity index (χ1n) is 6.69. The molecule has 116 valence electrons. The van der Waals surface area contributed by atoms with Gasteiger partial charge in [-0.2, -0.15) is 0 Å². The van der Waals surface area contributed by atoms with E-state index in [0.717, 1.165) is 0 Å². The summed E-state index contributed by atoms with van der Waals surface area (Å²) in [5, 5.41) is 2.52. The highest BCUT2D eigenvalue weighted by Gasteiger charge is 2.08. The van der Waals surface area contributed by atoms with Gasteiger partial charge in [-0.1, -0.05) is 23.7 Å². The maximum Gasteiger partial charge on any atom is 0.262 e. The topological polar surface area (TPSA) is 47.6 Å². The minimum atomic E-state index is -0.540. The van der Waals surface area contributed by atoms with Crippen molar-refractivity contribution in [1.82, 2.24) is 0 Å². The lowest BCUT2D eigenvalue weighted by Crippen LogP contribution is -2.20. The molecule has 0 aliphatic carbocycles. The van der Waals surface area contributed by atoms with Crippen molar-refractivity contribution in [2.75, 3.05) is 18.5 Å². The minimum Gasteiger partial charge on any atom is -0.490 e. The van der Waals surface area contributed by atoms with Gasteiger partial charge in [0.05, 0.1) is 11.6 Å². The summed E-state index contributed by atoms with van der Waals surface area (Å²) < 4.78 is 23.9. The highest BCUT2D eigenvalue weighted by molar-refractivity contribution is 6.31. The largest absolute Gasteiger partial charge is 0.490 e. The first-order valence-corrected chi connectivity index (χ1v) is 7.07. The van der Waals surface area contributed by atoms with Crippen LogP contribution in [0.3, 0.4) is 0 Å². The summed E-state index contributed by atoms with van der Waals surface area (Å²) in [6.45, 7) is 2.17.